The maximum atomic E-state index is 13.1. The lowest BCUT2D eigenvalue weighted by molar-refractivity contribution is -0.00436. The summed E-state index contributed by atoms with van der Waals surface area (Å²) in [5, 5.41) is 2.89. The lowest BCUT2D eigenvalue weighted by atomic mass is 9.69. The largest absolute Gasteiger partial charge is 0.461 e. The molecule has 4 nitrogen and oxygen atoms in total. The maximum absolute atomic E-state index is 13.1. The first-order valence-electron chi connectivity index (χ1n) is 9.62. The zero-order chi connectivity index (χ0) is 21.6. The maximum Gasteiger partial charge on any atom is 0.338 e. The third-order valence-electron chi connectivity index (χ3n) is 5.54. The number of benzene rings is 2. The Kier molecular flexibility index (Phi) is 7.48. The predicted octanol–water partition coefficient (Wildman–Crippen LogP) is 4.85. The number of halogens is 2. The van der Waals surface area contributed by atoms with Crippen molar-refractivity contribution in [3.8, 4) is 0 Å². The van der Waals surface area contributed by atoms with Crippen molar-refractivity contribution in [1.82, 2.24) is 5.32 Å². The Morgan fingerprint density at radius 3 is 1.76 bits per heavy atom. The average Bonchev–Trinajstić information content (AvgIpc) is 2.68. The Balaban J connectivity index is 2.11. The SMILES string of the molecule is CC(C)C(CNC(=O)c1ccc(F)cc1)(COC(=O)c1ccc(F)cc1)C(C)C. The van der Waals surface area contributed by atoms with Crippen molar-refractivity contribution in [2.24, 2.45) is 17.3 Å². The summed E-state index contributed by atoms with van der Waals surface area (Å²) in [4.78, 5) is 24.8. The molecule has 29 heavy (non-hydrogen) atoms. The monoisotopic (exact) mass is 403 g/mol. The molecule has 0 spiro atoms. The smallest absolute Gasteiger partial charge is 0.338 e. The number of nitrogens with one attached hydrogen (secondary N) is 1. The fourth-order valence-corrected chi connectivity index (χ4v) is 3.28. The van der Waals surface area contributed by atoms with Crippen LogP contribution in [0.15, 0.2) is 48.5 Å². The molecule has 0 aromatic heterocycles. The van der Waals surface area contributed by atoms with Gasteiger partial charge in [-0.05, 0) is 60.4 Å². The first-order valence-corrected chi connectivity index (χ1v) is 9.62. The quantitative estimate of drug-likeness (QED) is 0.641. The summed E-state index contributed by atoms with van der Waals surface area (Å²) < 4.78 is 31.7. The van der Waals surface area contributed by atoms with E-state index in [-0.39, 0.29) is 36.5 Å². The van der Waals surface area contributed by atoms with Crippen molar-refractivity contribution >= 4 is 11.9 Å². The molecule has 0 saturated heterocycles. The molecular weight excluding hydrogens is 376 g/mol. The number of rotatable bonds is 8. The van der Waals surface area contributed by atoms with Gasteiger partial charge in [-0.3, -0.25) is 4.79 Å². The number of carbonyl (C=O) groups excluding carboxylic acids is 2. The van der Waals surface area contributed by atoms with Crippen LogP contribution in [0.1, 0.15) is 48.4 Å². The van der Waals surface area contributed by atoms with E-state index in [1.807, 2.05) is 27.7 Å². The van der Waals surface area contributed by atoms with Gasteiger partial charge in [-0.2, -0.15) is 0 Å². The van der Waals surface area contributed by atoms with Crippen molar-refractivity contribution < 1.29 is 23.1 Å². The normalized spacial score (nSPS) is 11.6. The van der Waals surface area contributed by atoms with Crippen molar-refractivity contribution in [3.63, 3.8) is 0 Å². The highest BCUT2D eigenvalue weighted by molar-refractivity contribution is 5.94. The molecule has 0 aliphatic carbocycles. The van der Waals surface area contributed by atoms with Gasteiger partial charge in [0.05, 0.1) is 12.2 Å². The predicted molar refractivity (Wildman–Crippen MR) is 108 cm³/mol. The van der Waals surface area contributed by atoms with E-state index in [4.69, 9.17) is 4.74 Å². The minimum absolute atomic E-state index is 0.0945. The Morgan fingerprint density at radius 1 is 0.862 bits per heavy atom. The fraction of sp³-hybridized carbons (Fsp3) is 0.391. The molecule has 0 aliphatic heterocycles. The molecule has 0 fully saturated rings. The van der Waals surface area contributed by atoms with Crippen LogP contribution in [0, 0.1) is 28.9 Å². The zero-order valence-corrected chi connectivity index (χ0v) is 17.2. The molecule has 0 radical (unpaired) electrons. The molecule has 156 valence electrons. The number of hydrogen-bond acceptors (Lipinski definition) is 3. The van der Waals surface area contributed by atoms with Crippen LogP contribution in [0.25, 0.3) is 0 Å². The Labute approximate surface area is 170 Å². The topological polar surface area (TPSA) is 55.4 Å². The summed E-state index contributed by atoms with van der Waals surface area (Å²) in [5.74, 6) is -1.51. The first-order chi connectivity index (χ1) is 13.7. The molecule has 2 aromatic carbocycles. The van der Waals surface area contributed by atoms with Gasteiger partial charge in [0, 0.05) is 17.5 Å². The van der Waals surface area contributed by atoms with Crippen LogP contribution < -0.4 is 5.32 Å². The Bertz CT molecular complexity index is 759. The summed E-state index contributed by atoms with van der Waals surface area (Å²) in [5.41, 5.74) is 0.116. The molecule has 0 saturated carbocycles. The van der Waals surface area contributed by atoms with Gasteiger partial charge in [0.15, 0.2) is 0 Å². The van der Waals surface area contributed by atoms with Gasteiger partial charge < -0.3 is 10.1 Å². The minimum atomic E-state index is -0.541. The lowest BCUT2D eigenvalue weighted by Gasteiger charge is -2.41. The molecule has 6 heteroatoms. The number of carbonyl (C=O) groups is 2. The van der Waals surface area contributed by atoms with Gasteiger partial charge in [-0.25, -0.2) is 13.6 Å². The standard InChI is InChI=1S/C23H27F2NO3/c1-15(2)23(16(3)4,13-26-21(27)17-5-9-19(24)10-6-17)14-29-22(28)18-7-11-20(25)12-8-18/h5-12,15-16H,13-14H2,1-4H3,(H,26,27). The first kappa shape index (κ1) is 22.5. The second-order valence-electron chi connectivity index (χ2n) is 7.82. The minimum Gasteiger partial charge on any atom is -0.461 e. The fourth-order valence-electron chi connectivity index (χ4n) is 3.28. The van der Waals surface area contributed by atoms with Gasteiger partial charge >= 0.3 is 5.97 Å². The lowest BCUT2D eigenvalue weighted by Crippen LogP contribution is -2.48. The van der Waals surface area contributed by atoms with E-state index >= 15 is 0 Å². The van der Waals surface area contributed by atoms with Crippen LogP contribution >= 0.6 is 0 Å². The van der Waals surface area contributed by atoms with Crippen molar-refractivity contribution in [2.75, 3.05) is 13.2 Å². The Hall–Kier alpha value is -2.76. The van der Waals surface area contributed by atoms with E-state index in [1.165, 1.54) is 48.5 Å². The molecule has 2 rings (SSSR count). The third kappa shape index (κ3) is 5.62. The highest BCUT2D eigenvalue weighted by Gasteiger charge is 2.39. The van der Waals surface area contributed by atoms with Crippen molar-refractivity contribution in [1.29, 1.82) is 0 Å². The van der Waals surface area contributed by atoms with E-state index in [2.05, 4.69) is 5.32 Å². The van der Waals surface area contributed by atoms with Crippen LogP contribution in [0.4, 0.5) is 8.78 Å². The van der Waals surface area contributed by atoms with Crippen LogP contribution in [0.5, 0.6) is 0 Å². The summed E-state index contributed by atoms with van der Waals surface area (Å²) in [6.07, 6.45) is 0. The molecule has 1 amide bonds. The van der Waals surface area contributed by atoms with Crippen LogP contribution in [-0.2, 0) is 4.74 Å². The molecule has 0 heterocycles. The molecule has 2 aromatic rings. The molecule has 0 atom stereocenters. The molecular formula is C23H27F2NO3. The summed E-state index contributed by atoms with van der Waals surface area (Å²) in [6, 6.07) is 10.5. The van der Waals surface area contributed by atoms with Crippen LogP contribution in [0.3, 0.4) is 0 Å². The average molecular weight is 403 g/mol. The van der Waals surface area contributed by atoms with E-state index < -0.39 is 23.0 Å². The zero-order valence-electron chi connectivity index (χ0n) is 17.2. The van der Waals surface area contributed by atoms with Crippen LogP contribution in [0.2, 0.25) is 0 Å². The number of ether oxygens (including phenoxy) is 1. The third-order valence-corrected chi connectivity index (χ3v) is 5.54. The number of esters is 1. The second-order valence-corrected chi connectivity index (χ2v) is 7.82. The number of amides is 1. The van der Waals surface area contributed by atoms with E-state index in [1.54, 1.807) is 0 Å². The van der Waals surface area contributed by atoms with Gasteiger partial charge in [0.1, 0.15) is 11.6 Å². The van der Waals surface area contributed by atoms with E-state index in [0.29, 0.717) is 5.56 Å². The van der Waals surface area contributed by atoms with E-state index in [9.17, 15) is 18.4 Å². The van der Waals surface area contributed by atoms with Gasteiger partial charge in [-0.1, -0.05) is 27.7 Å². The highest BCUT2D eigenvalue weighted by atomic mass is 19.1. The van der Waals surface area contributed by atoms with Gasteiger partial charge in [0.2, 0.25) is 0 Å². The molecule has 0 unspecified atom stereocenters. The van der Waals surface area contributed by atoms with Crippen molar-refractivity contribution in [3.05, 3.63) is 71.3 Å². The highest BCUT2D eigenvalue weighted by Crippen LogP contribution is 2.36. The number of hydrogen-bond donors (Lipinski definition) is 1. The summed E-state index contributed by atoms with van der Waals surface area (Å²) >= 11 is 0. The molecule has 1 N–H and O–H groups in total. The Morgan fingerprint density at radius 2 is 1.31 bits per heavy atom. The molecule has 0 bridgehead atoms. The summed E-state index contributed by atoms with van der Waals surface area (Å²) in [7, 11) is 0. The van der Waals surface area contributed by atoms with Crippen molar-refractivity contribution in [2.45, 2.75) is 27.7 Å². The summed E-state index contributed by atoms with van der Waals surface area (Å²) in [6.45, 7) is 8.43. The van der Waals surface area contributed by atoms with Gasteiger partial charge in [-0.15, -0.1) is 0 Å². The molecule has 0 aliphatic rings. The van der Waals surface area contributed by atoms with Gasteiger partial charge in [0.25, 0.3) is 5.91 Å². The van der Waals surface area contributed by atoms with Crippen LogP contribution in [-0.4, -0.2) is 25.0 Å². The van der Waals surface area contributed by atoms with E-state index in [0.717, 1.165) is 0 Å². The second kappa shape index (κ2) is 9.63.